The second-order valence-corrected chi connectivity index (χ2v) is 6.98. The molecule has 0 aliphatic carbocycles. The van der Waals surface area contributed by atoms with Gasteiger partial charge in [-0.3, -0.25) is 4.79 Å². The zero-order valence-electron chi connectivity index (χ0n) is 12.7. The lowest BCUT2D eigenvalue weighted by Crippen LogP contribution is -2.45. The van der Waals surface area contributed by atoms with Crippen LogP contribution in [0, 0.1) is 5.41 Å². The van der Waals surface area contributed by atoms with Crippen molar-refractivity contribution in [3.8, 4) is 0 Å². The lowest BCUT2D eigenvalue weighted by atomic mass is 9.81. The van der Waals surface area contributed by atoms with Crippen LogP contribution in [0.25, 0.3) is 0 Å². The summed E-state index contributed by atoms with van der Waals surface area (Å²) in [4.78, 5) is 12.3. The Bertz CT molecular complexity index is 444. The van der Waals surface area contributed by atoms with Crippen LogP contribution >= 0.6 is 0 Å². The van der Waals surface area contributed by atoms with Crippen molar-refractivity contribution in [3.05, 3.63) is 35.4 Å². The molecule has 0 atom stereocenters. The molecule has 0 radical (unpaired) electrons. The minimum Gasteiger partial charge on any atom is -0.347 e. The number of benzene rings is 1. The van der Waals surface area contributed by atoms with Gasteiger partial charge in [0, 0.05) is 17.6 Å². The second-order valence-electron chi connectivity index (χ2n) is 6.98. The molecule has 0 aliphatic heterocycles. The van der Waals surface area contributed by atoms with Gasteiger partial charge >= 0.3 is 0 Å². The van der Waals surface area contributed by atoms with Crippen molar-refractivity contribution in [3.63, 3.8) is 0 Å². The van der Waals surface area contributed by atoms with E-state index in [1.165, 1.54) is 0 Å². The van der Waals surface area contributed by atoms with Gasteiger partial charge in [0.1, 0.15) is 0 Å². The van der Waals surface area contributed by atoms with Gasteiger partial charge in [0.15, 0.2) is 0 Å². The maximum atomic E-state index is 12.3. The third kappa shape index (κ3) is 5.43. The summed E-state index contributed by atoms with van der Waals surface area (Å²) in [7, 11) is 0. The molecule has 106 valence electrons. The number of hydrogen-bond acceptors (Lipinski definition) is 2. The SMILES string of the molecule is CC(C)(C)CC(C)(C)NC(=O)c1cccc(CN)c1. The number of nitrogens with two attached hydrogens (primary N) is 1. The van der Waals surface area contributed by atoms with Crippen LogP contribution in [0.5, 0.6) is 0 Å². The van der Waals surface area contributed by atoms with Gasteiger partial charge in [-0.05, 0) is 43.4 Å². The normalized spacial score (nSPS) is 12.3. The molecule has 0 unspecified atom stereocenters. The largest absolute Gasteiger partial charge is 0.347 e. The maximum absolute atomic E-state index is 12.3. The lowest BCUT2D eigenvalue weighted by molar-refractivity contribution is 0.0891. The average molecular weight is 262 g/mol. The third-order valence-electron chi connectivity index (χ3n) is 2.85. The molecule has 3 nitrogen and oxygen atoms in total. The van der Waals surface area contributed by atoms with Gasteiger partial charge in [0.05, 0.1) is 0 Å². The first kappa shape index (κ1) is 15.7. The number of rotatable bonds is 4. The molecule has 0 fully saturated rings. The average Bonchev–Trinajstić information content (AvgIpc) is 2.25. The van der Waals surface area contributed by atoms with Gasteiger partial charge in [-0.25, -0.2) is 0 Å². The first-order valence-electron chi connectivity index (χ1n) is 6.74. The lowest BCUT2D eigenvalue weighted by Gasteiger charge is -2.33. The van der Waals surface area contributed by atoms with Gasteiger partial charge in [-0.1, -0.05) is 32.9 Å². The molecular weight excluding hydrogens is 236 g/mol. The summed E-state index contributed by atoms with van der Waals surface area (Å²) in [6, 6.07) is 7.47. The minimum absolute atomic E-state index is 0.0375. The van der Waals surface area contributed by atoms with Crippen LogP contribution in [0.4, 0.5) is 0 Å². The van der Waals surface area contributed by atoms with Gasteiger partial charge in [-0.2, -0.15) is 0 Å². The molecule has 0 heterocycles. The highest BCUT2D eigenvalue weighted by Crippen LogP contribution is 2.27. The molecule has 1 amide bonds. The van der Waals surface area contributed by atoms with E-state index in [2.05, 4.69) is 39.9 Å². The van der Waals surface area contributed by atoms with E-state index in [0.717, 1.165) is 12.0 Å². The molecule has 3 N–H and O–H groups in total. The van der Waals surface area contributed by atoms with E-state index in [9.17, 15) is 4.79 Å². The third-order valence-corrected chi connectivity index (χ3v) is 2.85. The van der Waals surface area contributed by atoms with E-state index in [4.69, 9.17) is 5.73 Å². The molecular formula is C16H26N2O. The van der Waals surface area contributed by atoms with Crippen molar-refractivity contribution in [2.75, 3.05) is 0 Å². The van der Waals surface area contributed by atoms with E-state index in [0.29, 0.717) is 12.1 Å². The molecule has 0 saturated carbocycles. The Labute approximate surface area is 116 Å². The molecule has 1 rings (SSSR count). The molecule has 0 aliphatic rings. The summed E-state index contributed by atoms with van der Waals surface area (Å²) in [5.41, 5.74) is 7.19. The van der Waals surface area contributed by atoms with E-state index in [-0.39, 0.29) is 16.9 Å². The molecule has 0 aromatic heterocycles. The van der Waals surface area contributed by atoms with Crippen molar-refractivity contribution >= 4 is 5.91 Å². The first-order valence-corrected chi connectivity index (χ1v) is 6.74. The van der Waals surface area contributed by atoms with E-state index in [1.54, 1.807) is 0 Å². The molecule has 0 spiro atoms. The Balaban J connectivity index is 2.78. The summed E-state index contributed by atoms with van der Waals surface area (Å²) >= 11 is 0. The zero-order valence-corrected chi connectivity index (χ0v) is 12.7. The smallest absolute Gasteiger partial charge is 0.251 e. The van der Waals surface area contributed by atoms with Crippen LogP contribution in [0.15, 0.2) is 24.3 Å². The van der Waals surface area contributed by atoms with E-state index < -0.39 is 0 Å². The highest BCUT2D eigenvalue weighted by molar-refractivity contribution is 5.94. The predicted molar refractivity (Wildman–Crippen MR) is 80.0 cm³/mol. The molecule has 1 aromatic carbocycles. The summed E-state index contributed by atoms with van der Waals surface area (Å²) in [6.07, 6.45) is 0.919. The molecule has 1 aromatic rings. The Morgan fingerprint density at radius 1 is 1.21 bits per heavy atom. The number of nitrogens with one attached hydrogen (secondary N) is 1. The fourth-order valence-corrected chi connectivity index (χ4v) is 2.59. The van der Waals surface area contributed by atoms with E-state index >= 15 is 0 Å². The standard InChI is InChI=1S/C16H26N2O/c1-15(2,3)11-16(4,5)18-14(19)13-8-6-7-12(9-13)10-17/h6-9H,10-11,17H2,1-5H3,(H,18,19). The zero-order chi connectivity index (χ0) is 14.7. The fourth-order valence-electron chi connectivity index (χ4n) is 2.59. The topological polar surface area (TPSA) is 55.1 Å². The van der Waals surface area contributed by atoms with Crippen LogP contribution in [-0.4, -0.2) is 11.4 Å². The van der Waals surface area contributed by atoms with Crippen LogP contribution < -0.4 is 11.1 Å². The predicted octanol–water partition coefficient (Wildman–Crippen LogP) is 3.09. The summed E-state index contributed by atoms with van der Waals surface area (Å²) in [5, 5.41) is 3.10. The number of carbonyl (C=O) groups is 1. The van der Waals surface area contributed by atoms with E-state index in [1.807, 2.05) is 24.3 Å². The highest BCUT2D eigenvalue weighted by atomic mass is 16.1. The van der Waals surface area contributed by atoms with Crippen molar-refractivity contribution in [2.24, 2.45) is 11.1 Å². The second kappa shape index (κ2) is 5.74. The van der Waals surface area contributed by atoms with Crippen molar-refractivity contribution < 1.29 is 4.79 Å². The Morgan fingerprint density at radius 2 is 1.84 bits per heavy atom. The quantitative estimate of drug-likeness (QED) is 0.876. The fraction of sp³-hybridized carbons (Fsp3) is 0.562. The van der Waals surface area contributed by atoms with Gasteiger partial charge in [0.25, 0.3) is 5.91 Å². The number of carbonyl (C=O) groups excluding carboxylic acids is 1. The Morgan fingerprint density at radius 3 is 2.37 bits per heavy atom. The van der Waals surface area contributed by atoms with Crippen LogP contribution in [0.2, 0.25) is 0 Å². The summed E-state index contributed by atoms with van der Waals surface area (Å²) in [6.45, 7) is 11.1. The molecule has 0 saturated heterocycles. The highest BCUT2D eigenvalue weighted by Gasteiger charge is 2.27. The van der Waals surface area contributed by atoms with Crippen LogP contribution in [0.3, 0.4) is 0 Å². The monoisotopic (exact) mass is 262 g/mol. The van der Waals surface area contributed by atoms with Gasteiger partial charge in [-0.15, -0.1) is 0 Å². The maximum Gasteiger partial charge on any atom is 0.251 e. The van der Waals surface area contributed by atoms with Crippen molar-refractivity contribution in [2.45, 2.75) is 53.1 Å². The molecule has 19 heavy (non-hydrogen) atoms. The number of amides is 1. The van der Waals surface area contributed by atoms with Crippen LogP contribution in [-0.2, 0) is 6.54 Å². The van der Waals surface area contributed by atoms with Crippen LogP contribution in [0.1, 0.15) is 57.0 Å². The summed E-state index contributed by atoms with van der Waals surface area (Å²) < 4.78 is 0. The Hall–Kier alpha value is -1.35. The van der Waals surface area contributed by atoms with Crippen molar-refractivity contribution in [1.29, 1.82) is 0 Å². The first-order chi connectivity index (χ1) is 8.63. The molecule has 0 bridgehead atoms. The molecule has 3 heteroatoms. The van der Waals surface area contributed by atoms with Gasteiger partial charge in [0.2, 0.25) is 0 Å². The minimum atomic E-state index is -0.228. The number of hydrogen-bond donors (Lipinski definition) is 2. The van der Waals surface area contributed by atoms with Crippen molar-refractivity contribution in [1.82, 2.24) is 5.32 Å². The van der Waals surface area contributed by atoms with Gasteiger partial charge < -0.3 is 11.1 Å². The summed E-state index contributed by atoms with van der Waals surface area (Å²) in [5.74, 6) is -0.0375. The Kier molecular flexibility index (Phi) is 4.75.